The Morgan fingerprint density at radius 1 is 1.06 bits per heavy atom. The number of likely N-dealkylation sites (N-methyl/N-ethyl adjacent to an activating group) is 1. The van der Waals surface area contributed by atoms with Crippen LogP contribution in [0, 0.1) is 0 Å². The van der Waals surface area contributed by atoms with E-state index in [4.69, 9.17) is 33.3 Å². The number of carbonyl (C=O) groups excluding carboxylic acids is 1. The highest BCUT2D eigenvalue weighted by atomic mass is 79.9. The number of hydrogen-bond acceptors (Lipinski definition) is 4. The fourth-order valence-corrected chi connectivity index (χ4v) is 4.52. The van der Waals surface area contributed by atoms with E-state index in [0.29, 0.717) is 40.5 Å². The van der Waals surface area contributed by atoms with Crippen molar-refractivity contribution in [1.29, 1.82) is 0 Å². The highest BCUT2D eigenvalue weighted by Crippen LogP contribution is 2.39. The van der Waals surface area contributed by atoms with Crippen LogP contribution in [-0.4, -0.2) is 29.6 Å². The van der Waals surface area contributed by atoms with E-state index >= 15 is 0 Å². The molecule has 8 heteroatoms. The van der Waals surface area contributed by atoms with Crippen molar-refractivity contribution in [2.24, 2.45) is 0 Å². The normalized spacial score (nSPS) is 14.8. The van der Waals surface area contributed by atoms with Crippen LogP contribution in [0.2, 0.25) is 5.02 Å². The van der Waals surface area contributed by atoms with E-state index in [9.17, 15) is 4.79 Å². The van der Waals surface area contributed by atoms with Crippen molar-refractivity contribution in [3.05, 3.63) is 93.0 Å². The first-order valence-corrected chi connectivity index (χ1v) is 12.2. The van der Waals surface area contributed by atoms with Gasteiger partial charge in [-0.1, -0.05) is 41.9 Å². The first kappa shape index (κ1) is 24.3. The molecular weight excluding hydrogens is 536 g/mol. The van der Waals surface area contributed by atoms with Gasteiger partial charge in [-0.05, 0) is 88.7 Å². The highest BCUT2D eigenvalue weighted by Gasteiger charge is 2.36. The Labute approximate surface area is 217 Å². The molecule has 1 fully saturated rings. The summed E-state index contributed by atoms with van der Waals surface area (Å²) >= 11 is 15.1. The molecule has 3 aromatic rings. The van der Waals surface area contributed by atoms with Gasteiger partial charge in [-0.3, -0.25) is 9.69 Å². The molecule has 0 aliphatic carbocycles. The molecule has 0 radical (unpaired) electrons. The van der Waals surface area contributed by atoms with Gasteiger partial charge in [0.15, 0.2) is 16.6 Å². The summed E-state index contributed by atoms with van der Waals surface area (Å²) in [6.45, 7) is 2.73. The Kier molecular flexibility index (Phi) is 7.56. The summed E-state index contributed by atoms with van der Waals surface area (Å²) in [6, 6.07) is 20.6. The Hall–Kier alpha value is -2.87. The molecule has 1 heterocycles. The topological polar surface area (TPSA) is 42.0 Å². The number of halogens is 2. The van der Waals surface area contributed by atoms with Crippen LogP contribution in [0.5, 0.6) is 11.5 Å². The minimum atomic E-state index is -0.184. The van der Waals surface area contributed by atoms with Crippen LogP contribution in [0.3, 0.4) is 0 Å². The maximum Gasteiger partial charge on any atom is 0.281 e. The van der Waals surface area contributed by atoms with Gasteiger partial charge in [-0.15, -0.1) is 0 Å². The van der Waals surface area contributed by atoms with Crippen molar-refractivity contribution in [1.82, 2.24) is 4.90 Å². The molecule has 0 atom stereocenters. The zero-order chi connectivity index (χ0) is 24.2. The number of amides is 1. The minimum absolute atomic E-state index is 0.184. The molecule has 0 N–H and O–H groups in total. The van der Waals surface area contributed by atoms with E-state index in [0.717, 1.165) is 21.3 Å². The lowest BCUT2D eigenvalue weighted by Crippen LogP contribution is -2.30. The standard InChI is InChI=1S/C26H22BrClN2O3S/c1-3-32-23-15-18(13-21(27)24(23)33-16-17-9-11-19(28)12-10-17)14-22-25(31)30(26(34)29(22)2)20-7-5-4-6-8-20/h4-15H,3,16H2,1-2H3/b22-14-. The summed E-state index contributed by atoms with van der Waals surface area (Å²) in [5, 5.41) is 1.10. The van der Waals surface area contributed by atoms with Crippen molar-refractivity contribution in [2.45, 2.75) is 13.5 Å². The minimum Gasteiger partial charge on any atom is -0.490 e. The summed E-state index contributed by atoms with van der Waals surface area (Å²) in [5.41, 5.74) is 2.97. The van der Waals surface area contributed by atoms with Crippen LogP contribution in [0.25, 0.3) is 6.08 Å². The summed E-state index contributed by atoms with van der Waals surface area (Å²) in [6.07, 6.45) is 1.80. The molecule has 1 amide bonds. The quantitative estimate of drug-likeness (QED) is 0.239. The summed E-state index contributed by atoms with van der Waals surface area (Å²) in [4.78, 5) is 16.5. The Morgan fingerprint density at radius 3 is 2.44 bits per heavy atom. The fourth-order valence-electron chi connectivity index (χ4n) is 3.53. The van der Waals surface area contributed by atoms with Crippen molar-refractivity contribution >= 4 is 62.5 Å². The summed E-state index contributed by atoms with van der Waals surface area (Å²) in [7, 11) is 1.79. The molecule has 4 rings (SSSR count). The maximum absolute atomic E-state index is 13.2. The average Bonchev–Trinajstić information content (AvgIpc) is 3.03. The van der Waals surface area contributed by atoms with Crippen LogP contribution in [0.15, 0.2) is 76.9 Å². The number of benzene rings is 3. The third-order valence-electron chi connectivity index (χ3n) is 5.21. The molecule has 174 valence electrons. The predicted molar refractivity (Wildman–Crippen MR) is 143 cm³/mol. The molecule has 3 aromatic carbocycles. The first-order valence-electron chi connectivity index (χ1n) is 10.6. The van der Waals surface area contributed by atoms with Crippen molar-refractivity contribution in [3.63, 3.8) is 0 Å². The van der Waals surface area contributed by atoms with Crippen molar-refractivity contribution in [2.75, 3.05) is 18.6 Å². The third-order valence-corrected chi connectivity index (χ3v) is 6.51. The van der Waals surface area contributed by atoms with E-state index in [1.54, 1.807) is 18.0 Å². The van der Waals surface area contributed by atoms with Crippen LogP contribution >= 0.6 is 39.7 Å². The van der Waals surface area contributed by atoms with Crippen LogP contribution in [0.4, 0.5) is 5.69 Å². The molecule has 34 heavy (non-hydrogen) atoms. The largest absolute Gasteiger partial charge is 0.490 e. The molecule has 1 aliphatic heterocycles. The van der Waals surface area contributed by atoms with Gasteiger partial charge < -0.3 is 14.4 Å². The Bertz CT molecular complexity index is 1250. The molecule has 0 saturated carbocycles. The first-order chi connectivity index (χ1) is 16.4. The zero-order valence-corrected chi connectivity index (χ0v) is 21.8. The molecule has 5 nitrogen and oxygen atoms in total. The lowest BCUT2D eigenvalue weighted by Gasteiger charge is -2.16. The number of para-hydroxylation sites is 1. The monoisotopic (exact) mass is 556 g/mol. The number of thiocarbonyl (C=S) groups is 1. The average molecular weight is 558 g/mol. The van der Waals surface area contributed by atoms with Gasteiger partial charge >= 0.3 is 0 Å². The van der Waals surface area contributed by atoms with Gasteiger partial charge in [0, 0.05) is 12.1 Å². The third kappa shape index (κ3) is 5.12. The van der Waals surface area contributed by atoms with Gasteiger partial charge in [0.1, 0.15) is 12.3 Å². The van der Waals surface area contributed by atoms with Gasteiger partial charge in [0.2, 0.25) is 0 Å². The molecule has 0 unspecified atom stereocenters. The summed E-state index contributed by atoms with van der Waals surface area (Å²) in [5.74, 6) is 0.982. The number of ether oxygens (including phenoxy) is 2. The highest BCUT2D eigenvalue weighted by molar-refractivity contribution is 9.10. The molecule has 0 bridgehead atoms. The van der Waals surface area contributed by atoms with E-state index in [-0.39, 0.29) is 5.91 Å². The lowest BCUT2D eigenvalue weighted by atomic mass is 10.1. The van der Waals surface area contributed by atoms with Crippen LogP contribution in [-0.2, 0) is 11.4 Å². The smallest absolute Gasteiger partial charge is 0.281 e. The molecule has 1 aliphatic rings. The number of hydrogen-bond donors (Lipinski definition) is 0. The van der Waals surface area contributed by atoms with Crippen LogP contribution < -0.4 is 14.4 Å². The molecule has 0 aromatic heterocycles. The predicted octanol–water partition coefficient (Wildman–Crippen LogP) is 6.68. The van der Waals surface area contributed by atoms with E-state index in [2.05, 4.69) is 15.9 Å². The number of nitrogens with zero attached hydrogens (tertiary/aromatic N) is 2. The van der Waals surface area contributed by atoms with E-state index in [1.165, 1.54) is 4.90 Å². The van der Waals surface area contributed by atoms with Gasteiger partial charge in [0.25, 0.3) is 5.91 Å². The van der Waals surface area contributed by atoms with E-state index < -0.39 is 0 Å². The van der Waals surface area contributed by atoms with Gasteiger partial charge in [-0.25, -0.2) is 0 Å². The lowest BCUT2D eigenvalue weighted by molar-refractivity contribution is -0.114. The molecule has 0 spiro atoms. The van der Waals surface area contributed by atoms with Crippen molar-refractivity contribution < 1.29 is 14.3 Å². The maximum atomic E-state index is 13.2. The van der Waals surface area contributed by atoms with E-state index in [1.807, 2.05) is 73.7 Å². The van der Waals surface area contributed by atoms with Crippen LogP contribution in [0.1, 0.15) is 18.1 Å². The number of rotatable bonds is 7. The molecular formula is C26H22BrClN2O3S. The SMILES string of the molecule is CCOc1cc(/C=C2/C(=O)N(c3ccccc3)C(=S)N2C)cc(Br)c1OCc1ccc(Cl)cc1. The Balaban J connectivity index is 1.63. The summed E-state index contributed by atoms with van der Waals surface area (Å²) < 4.78 is 12.6. The zero-order valence-electron chi connectivity index (χ0n) is 18.6. The second-order valence-corrected chi connectivity index (χ2v) is 9.18. The molecule has 1 saturated heterocycles. The fraction of sp³-hybridized carbons (Fsp3) is 0.154. The second kappa shape index (κ2) is 10.6. The van der Waals surface area contributed by atoms with Gasteiger partial charge in [0.05, 0.1) is 16.8 Å². The second-order valence-electron chi connectivity index (χ2n) is 7.53. The van der Waals surface area contributed by atoms with Gasteiger partial charge in [-0.2, -0.15) is 0 Å². The number of carbonyl (C=O) groups is 1. The van der Waals surface area contributed by atoms with Crippen molar-refractivity contribution in [3.8, 4) is 11.5 Å². The number of anilines is 1. The Morgan fingerprint density at radius 2 is 1.76 bits per heavy atom.